The molecule has 0 saturated carbocycles. The Balaban J connectivity index is 2.32. The van der Waals surface area contributed by atoms with Crippen molar-refractivity contribution in [2.75, 3.05) is 0 Å². The van der Waals surface area contributed by atoms with E-state index < -0.39 is 0 Å². The average Bonchev–Trinajstić information content (AvgIpc) is 2.45. The highest BCUT2D eigenvalue weighted by molar-refractivity contribution is 6.58. The summed E-state index contributed by atoms with van der Waals surface area (Å²) in [6.45, 7) is 2.26. The zero-order valence-corrected chi connectivity index (χ0v) is 11.6. The molecular weight excluding hydrogens is 232 g/mol. The van der Waals surface area contributed by atoms with Crippen molar-refractivity contribution >= 4 is 36.3 Å². The molecule has 3 rings (SSSR count). The van der Waals surface area contributed by atoms with Gasteiger partial charge in [0, 0.05) is 0 Å². The zero-order chi connectivity index (χ0) is 12.4. The lowest BCUT2D eigenvalue weighted by Gasteiger charge is -2.09. The first kappa shape index (κ1) is 11.5. The van der Waals surface area contributed by atoms with Gasteiger partial charge in [0.2, 0.25) is 0 Å². The van der Waals surface area contributed by atoms with Crippen molar-refractivity contribution in [1.82, 2.24) is 0 Å². The minimum Gasteiger partial charge on any atom is -0.0657 e. The molecule has 88 valence electrons. The van der Waals surface area contributed by atoms with Crippen LogP contribution in [0.1, 0.15) is 13.3 Å². The molecular formula is C17H16Si. The Morgan fingerprint density at radius 3 is 2.28 bits per heavy atom. The molecule has 0 atom stereocenters. The van der Waals surface area contributed by atoms with Gasteiger partial charge < -0.3 is 0 Å². The van der Waals surface area contributed by atoms with Crippen LogP contribution in [0.15, 0.2) is 54.6 Å². The molecule has 0 aliphatic heterocycles. The van der Waals surface area contributed by atoms with Gasteiger partial charge in [-0.15, -0.1) is 0 Å². The summed E-state index contributed by atoms with van der Waals surface area (Å²) in [6.07, 6.45) is 1.26. The Hall–Kier alpha value is -1.60. The molecule has 0 aliphatic rings. The highest BCUT2D eigenvalue weighted by Gasteiger charge is 2.05. The van der Waals surface area contributed by atoms with E-state index in [1.165, 1.54) is 39.2 Å². The summed E-state index contributed by atoms with van der Waals surface area (Å²) in [5.74, 6) is 0. The third kappa shape index (κ3) is 1.95. The SMILES string of the molecule is CCC[Si]c1cc2ccccc2c2ccccc12. The third-order valence-corrected chi connectivity index (χ3v) is 4.88. The summed E-state index contributed by atoms with van der Waals surface area (Å²) >= 11 is 0. The molecule has 3 aromatic rings. The predicted molar refractivity (Wildman–Crippen MR) is 81.9 cm³/mol. The Morgan fingerprint density at radius 2 is 1.50 bits per heavy atom. The van der Waals surface area contributed by atoms with Crippen LogP contribution >= 0.6 is 0 Å². The fraction of sp³-hybridized carbons (Fsp3) is 0.176. The summed E-state index contributed by atoms with van der Waals surface area (Å²) < 4.78 is 0. The van der Waals surface area contributed by atoms with Crippen LogP contribution in [0.3, 0.4) is 0 Å². The maximum atomic E-state index is 2.38. The van der Waals surface area contributed by atoms with Gasteiger partial charge in [-0.05, 0) is 21.5 Å². The fourth-order valence-corrected chi connectivity index (χ4v) is 3.65. The van der Waals surface area contributed by atoms with Crippen molar-refractivity contribution in [2.24, 2.45) is 0 Å². The van der Waals surface area contributed by atoms with E-state index in [-0.39, 0.29) is 0 Å². The monoisotopic (exact) mass is 248 g/mol. The van der Waals surface area contributed by atoms with Crippen LogP contribution in [-0.2, 0) is 0 Å². The van der Waals surface area contributed by atoms with Gasteiger partial charge in [-0.2, -0.15) is 0 Å². The standard InChI is InChI=1S/C17H16Si/c1-2-11-18-17-12-13-7-3-4-8-14(13)15-9-5-6-10-16(15)17/h3-10,12H,2,11H2,1H3. The molecule has 0 aromatic heterocycles. The Labute approximate surface area is 110 Å². The smallest absolute Gasteiger partial charge is 0.0657 e. The van der Waals surface area contributed by atoms with Crippen LogP contribution in [0.25, 0.3) is 21.5 Å². The van der Waals surface area contributed by atoms with E-state index in [1.807, 2.05) is 0 Å². The topological polar surface area (TPSA) is 0 Å². The lowest BCUT2D eigenvalue weighted by Crippen LogP contribution is -2.14. The van der Waals surface area contributed by atoms with Crippen LogP contribution in [0.4, 0.5) is 0 Å². The van der Waals surface area contributed by atoms with E-state index >= 15 is 0 Å². The molecule has 0 saturated heterocycles. The molecule has 0 heterocycles. The number of hydrogen-bond acceptors (Lipinski definition) is 0. The second-order valence-electron chi connectivity index (χ2n) is 4.62. The molecule has 0 nitrogen and oxygen atoms in total. The van der Waals surface area contributed by atoms with Crippen molar-refractivity contribution in [3.8, 4) is 0 Å². The number of rotatable bonds is 3. The Bertz CT molecular complexity index is 685. The molecule has 0 unspecified atom stereocenters. The van der Waals surface area contributed by atoms with Crippen molar-refractivity contribution in [3.63, 3.8) is 0 Å². The molecule has 0 N–H and O–H groups in total. The van der Waals surface area contributed by atoms with E-state index in [0.29, 0.717) is 0 Å². The van der Waals surface area contributed by atoms with Gasteiger partial charge in [0.1, 0.15) is 0 Å². The van der Waals surface area contributed by atoms with Crippen molar-refractivity contribution in [3.05, 3.63) is 54.6 Å². The van der Waals surface area contributed by atoms with Gasteiger partial charge in [0.05, 0.1) is 9.52 Å². The van der Waals surface area contributed by atoms with Crippen LogP contribution in [0.5, 0.6) is 0 Å². The van der Waals surface area contributed by atoms with Gasteiger partial charge in [-0.3, -0.25) is 0 Å². The van der Waals surface area contributed by atoms with Crippen LogP contribution in [0.2, 0.25) is 6.04 Å². The molecule has 3 aromatic carbocycles. The number of hydrogen-bond donors (Lipinski definition) is 0. The van der Waals surface area contributed by atoms with E-state index in [2.05, 4.69) is 61.5 Å². The number of benzene rings is 3. The van der Waals surface area contributed by atoms with E-state index in [1.54, 1.807) is 0 Å². The highest BCUT2D eigenvalue weighted by atomic mass is 28.2. The molecule has 0 spiro atoms. The van der Waals surface area contributed by atoms with Gasteiger partial charge in [0.25, 0.3) is 0 Å². The second kappa shape index (κ2) is 4.95. The van der Waals surface area contributed by atoms with Crippen LogP contribution < -0.4 is 5.19 Å². The van der Waals surface area contributed by atoms with E-state index in [0.717, 1.165) is 9.52 Å². The minimum absolute atomic E-state index is 0.922. The first-order valence-electron chi connectivity index (χ1n) is 6.54. The maximum Gasteiger partial charge on any atom is 0.0816 e. The van der Waals surface area contributed by atoms with Gasteiger partial charge in [-0.1, -0.05) is 79.2 Å². The van der Waals surface area contributed by atoms with Crippen LogP contribution in [0, 0.1) is 0 Å². The lowest BCUT2D eigenvalue weighted by molar-refractivity contribution is 1.08. The summed E-state index contributed by atoms with van der Waals surface area (Å²) in [7, 11) is 0.922. The van der Waals surface area contributed by atoms with Crippen molar-refractivity contribution in [1.29, 1.82) is 0 Å². The second-order valence-corrected chi connectivity index (χ2v) is 6.01. The molecule has 0 aliphatic carbocycles. The molecule has 0 bridgehead atoms. The van der Waals surface area contributed by atoms with Crippen molar-refractivity contribution < 1.29 is 0 Å². The fourth-order valence-electron chi connectivity index (χ4n) is 2.46. The lowest BCUT2D eigenvalue weighted by atomic mass is 10.0. The Kier molecular flexibility index (Phi) is 3.16. The third-order valence-electron chi connectivity index (χ3n) is 3.33. The normalized spacial score (nSPS) is 11.2. The molecule has 18 heavy (non-hydrogen) atoms. The predicted octanol–water partition coefficient (Wildman–Crippen LogP) is 4.15. The summed E-state index contributed by atoms with van der Waals surface area (Å²) in [5.41, 5.74) is 0. The quantitative estimate of drug-likeness (QED) is 0.482. The first-order valence-corrected chi connectivity index (χ1v) is 7.75. The van der Waals surface area contributed by atoms with E-state index in [9.17, 15) is 0 Å². The highest BCUT2D eigenvalue weighted by Crippen LogP contribution is 2.23. The van der Waals surface area contributed by atoms with Gasteiger partial charge in [-0.25, -0.2) is 0 Å². The van der Waals surface area contributed by atoms with Crippen LogP contribution in [-0.4, -0.2) is 9.52 Å². The largest absolute Gasteiger partial charge is 0.0816 e. The molecule has 0 fully saturated rings. The number of fused-ring (bicyclic) bond motifs is 3. The Morgan fingerprint density at radius 1 is 0.833 bits per heavy atom. The molecule has 0 amide bonds. The summed E-state index contributed by atoms with van der Waals surface area (Å²) in [5, 5.41) is 7.09. The minimum atomic E-state index is 0.922. The summed E-state index contributed by atoms with van der Waals surface area (Å²) in [6, 6.07) is 21.2. The summed E-state index contributed by atoms with van der Waals surface area (Å²) in [4.78, 5) is 0. The van der Waals surface area contributed by atoms with E-state index in [4.69, 9.17) is 0 Å². The van der Waals surface area contributed by atoms with Gasteiger partial charge in [0.15, 0.2) is 0 Å². The molecule has 2 radical (unpaired) electrons. The average molecular weight is 248 g/mol. The zero-order valence-electron chi connectivity index (χ0n) is 10.6. The first-order chi connectivity index (χ1) is 8.90. The maximum absolute atomic E-state index is 2.38. The van der Waals surface area contributed by atoms with Crippen molar-refractivity contribution in [2.45, 2.75) is 19.4 Å². The van der Waals surface area contributed by atoms with Gasteiger partial charge >= 0.3 is 0 Å². The molecule has 1 heteroatoms.